The van der Waals surface area contributed by atoms with E-state index < -0.39 is 5.97 Å². The lowest BCUT2D eigenvalue weighted by atomic mass is 10.3. The molecule has 0 spiro atoms. The van der Waals surface area contributed by atoms with Gasteiger partial charge in [-0.3, -0.25) is 0 Å². The fourth-order valence-electron chi connectivity index (χ4n) is 0.868. The molecule has 0 fully saturated rings. The lowest BCUT2D eigenvalue weighted by Gasteiger charge is -2.00. The molecule has 1 aromatic rings. The third-order valence-corrected chi connectivity index (χ3v) is 2.20. The molecule has 0 radical (unpaired) electrons. The zero-order valence-electron chi connectivity index (χ0n) is 7.85. The highest BCUT2D eigenvalue weighted by Gasteiger charge is 2.18. The number of aryl methyl sites for hydroxylation is 1. The molecule has 0 aromatic carbocycles. The molecule has 0 aliphatic rings. The Balaban J connectivity index is 2.88. The Kier molecular flexibility index (Phi) is 3.58. The summed E-state index contributed by atoms with van der Waals surface area (Å²) in [6.45, 7) is 3.72. The van der Waals surface area contributed by atoms with Crippen molar-refractivity contribution < 1.29 is 14.7 Å². The lowest BCUT2D eigenvalue weighted by Crippen LogP contribution is -2.19. The van der Waals surface area contributed by atoms with E-state index in [-0.39, 0.29) is 12.3 Å². The molecule has 0 bridgehead atoms. The van der Waals surface area contributed by atoms with E-state index in [1.807, 2.05) is 0 Å². The quantitative estimate of drug-likeness (QED) is 0.355. The Labute approximate surface area is 85.0 Å². The van der Waals surface area contributed by atoms with Crippen molar-refractivity contribution in [1.82, 2.24) is 4.98 Å². The number of rotatable bonds is 3. The van der Waals surface area contributed by atoms with Crippen molar-refractivity contribution in [2.75, 3.05) is 6.61 Å². The molecule has 1 rings (SSSR count). The lowest BCUT2D eigenvalue weighted by molar-refractivity contribution is -0.135. The van der Waals surface area contributed by atoms with Crippen molar-refractivity contribution in [3.63, 3.8) is 0 Å². The fourth-order valence-corrected chi connectivity index (χ4v) is 1.47. The van der Waals surface area contributed by atoms with Crippen LogP contribution in [0.25, 0.3) is 0 Å². The highest BCUT2D eigenvalue weighted by Crippen LogP contribution is 2.09. The van der Waals surface area contributed by atoms with E-state index in [2.05, 4.69) is 10.1 Å². The Bertz CT molecular complexity index is 359. The predicted octanol–water partition coefficient (Wildman–Crippen LogP) is 1.19. The number of ether oxygens (including phenoxy) is 1. The SMILES string of the molecule is CCOC(=O)/C(=N/O)c1csc(C)n1. The van der Waals surface area contributed by atoms with Gasteiger partial charge in [-0.05, 0) is 13.8 Å². The van der Waals surface area contributed by atoms with Gasteiger partial charge in [0.15, 0.2) is 0 Å². The van der Waals surface area contributed by atoms with Crippen LogP contribution in [0, 0.1) is 6.92 Å². The van der Waals surface area contributed by atoms with Crippen LogP contribution < -0.4 is 0 Å². The maximum atomic E-state index is 11.2. The molecule has 0 unspecified atom stereocenters. The molecule has 14 heavy (non-hydrogen) atoms. The number of carbonyl (C=O) groups is 1. The summed E-state index contributed by atoms with van der Waals surface area (Å²) in [6, 6.07) is 0. The standard InChI is InChI=1S/C8H10N2O3S/c1-3-13-8(11)7(10-12)6-4-14-5(2)9-6/h4,12H,3H2,1-2H3/b10-7+. The van der Waals surface area contributed by atoms with Crippen LogP contribution in [0.2, 0.25) is 0 Å². The van der Waals surface area contributed by atoms with Gasteiger partial charge in [0.05, 0.1) is 11.6 Å². The van der Waals surface area contributed by atoms with Gasteiger partial charge >= 0.3 is 5.97 Å². The van der Waals surface area contributed by atoms with Gasteiger partial charge in [-0.2, -0.15) is 0 Å². The van der Waals surface area contributed by atoms with E-state index in [9.17, 15) is 4.79 Å². The fraction of sp³-hybridized carbons (Fsp3) is 0.375. The van der Waals surface area contributed by atoms with Gasteiger partial charge in [-0.1, -0.05) is 5.16 Å². The predicted molar refractivity (Wildman–Crippen MR) is 51.8 cm³/mol. The summed E-state index contributed by atoms with van der Waals surface area (Å²) in [5.41, 5.74) is 0.185. The number of hydrogen-bond donors (Lipinski definition) is 1. The average Bonchev–Trinajstić information content (AvgIpc) is 2.54. The highest BCUT2D eigenvalue weighted by atomic mass is 32.1. The summed E-state index contributed by atoms with van der Waals surface area (Å²) in [6.07, 6.45) is 0. The minimum Gasteiger partial charge on any atom is -0.461 e. The zero-order valence-corrected chi connectivity index (χ0v) is 8.67. The third kappa shape index (κ3) is 2.29. The molecule has 0 saturated carbocycles. The second kappa shape index (κ2) is 4.71. The van der Waals surface area contributed by atoms with Crippen LogP contribution >= 0.6 is 11.3 Å². The first kappa shape index (κ1) is 10.6. The Morgan fingerprint density at radius 2 is 2.50 bits per heavy atom. The first-order chi connectivity index (χ1) is 6.69. The molecular weight excluding hydrogens is 204 g/mol. The van der Waals surface area contributed by atoms with E-state index in [1.54, 1.807) is 19.2 Å². The van der Waals surface area contributed by atoms with Crippen LogP contribution in [0.3, 0.4) is 0 Å². The molecule has 6 heteroatoms. The number of esters is 1. The molecule has 1 N–H and O–H groups in total. The van der Waals surface area contributed by atoms with Gasteiger partial charge in [-0.15, -0.1) is 11.3 Å². The monoisotopic (exact) mass is 214 g/mol. The van der Waals surface area contributed by atoms with Crippen LogP contribution in [0.1, 0.15) is 17.6 Å². The van der Waals surface area contributed by atoms with Gasteiger partial charge in [0.2, 0.25) is 5.71 Å². The molecule has 0 amide bonds. The summed E-state index contributed by atoms with van der Waals surface area (Å²) >= 11 is 1.37. The van der Waals surface area contributed by atoms with E-state index >= 15 is 0 Å². The van der Waals surface area contributed by atoms with Crippen LogP contribution in [0.15, 0.2) is 10.5 Å². The van der Waals surface area contributed by atoms with Gasteiger partial charge in [0.25, 0.3) is 0 Å². The molecule has 1 heterocycles. The van der Waals surface area contributed by atoms with Crippen molar-refractivity contribution in [2.24, 2.45) is 5.16 Å². The average molecular weight is 214 g/mol. The first-order valence-electron chi connectivity index (χ1n) is 4.00. The van der Waals surface area contributed by atoms with Gasteiger partial charge in [0.1, 0.15) is 5.69 Å². The largest absolute Gasteiger partial charge is 0.461 e. The Morgan fingerprint density at radius 1 is 1.79 bits per heavy atom. The molecule has 76 valence electrons. The number of nitrogens with zero attached hydrogens (tertiary/aromatic N) is 2. The summed E-state index contributed by atoms with van der Waals surface area (Å²) in [4.78, 5) is 15.2. The molecule has 1 aromatic heterocycles. The summed E-state index contributed by atoms with van der Waals surface area (Å²) in [5, 5.41) is 14.0. The third-order valence-electron chi connectivity index (χ3n) is 1.43. The van der Waals surface area contributed by atoms with E-state index in [1.165, 1.54) is 11.3 Å². The first-order valence-corrected chi connectivity index (χ1v) is 4.88. The molecule has 0 aliphatic carbocycles. The van der Waals surface area contributed by atoms with Crippen molar-refractivity contribution in [3.8, 4) is 0 Å². The van der Waals surface area contributed by atoms with Crippen LogP contribution in [-0.4, -0.2) is 28.5 Å². The van der Waals surface area contributed by atoms with Crippen LogP contribution in [-0.2, 0) is 9.53 Å². The molecule has 0 aliphatic heterocycles. The smallest absolute Gasteiger partial charge is 0.362 e. The number of hydrogen-bond acceptors (Lipinski definition) is 6. The summed E-state index contributed by atoms with van der Waals surface area (Å²) in [5.74, 6) is -0.666. The maximum absolute atomic E-state index is 11.2. The molecular formula is C8H10N2O3S. The minimum absolute atomic E-state index is 0.156. The van der Waals surface area contributed by atoms with Crippen molar-refractivity contribution >= 4 is 23.0 Å². The second-order valence-corrected chi connectivity index (χ2v) is 3.48. The van der Waals surface area contributed by atoms with Gasteiger partial charge in [0, 0.05) is 5.38 Å². The van der Waals surface area contributed by atoms with E-state index in [0.29, 0.717) is 5.69 Å². The molecule has 5 nitrogen and oxygen atoms in total. The highest BCUT2D eigenvalue weighted by molar-refractivity contribution is 7.09. The Hall–Kier alpha value is -1.43. The van der Waals surface area contributed by atoms with E-state index in [4.69, 9.17) is 9.94 Å². The number of carbonyl (C=O) groups excluding carboxylic acids is 1. The van der Waals surface area contributed by atoms with Crippen molar-refractivity contribution in [3.05, 3.63) is 16.1 Å². The number of aromatic nitrogens is 1. The number of oxime groups is 1. The maximum Gasteiger partial charge on any atom is 0.362 e. The zero-order chi connectivity index (χ0) is 10.6. The Morgan fingerprint density at radius 3 is 2.93 bits per heavy atom. The second-order valence-electron chi connectivity index (χ2n) is 2.42. The summed E-state index contributed by atoms with van der Waals surface area (Å²) in [7, 11) is 0. The van der Waals surface area contributed by atoms with E-state index in [0.717, 1.165) is 5.01 Å². The van der Waals surface area contributed by atoms with Crippen molar-refractivity contribution in [1.29, 1.82) is 0 Å². The van der Waals surface area contributed by atoms with Crippen LogP contribution in [0.4, 0.5) is 0 Å². The van der Waals surface area contributed by atoms with Crippen LogP contribution in [0.5, 0.6) is 0 Å². The number of thiazole rings is 1. The topological polar surface area (TPSA) is 71.8 Å². The molecule has 0 saturated heterocycles. The van der Waals surface area contributed by atoms with Gasteiger partial charge < -0.3 is 9.94 Å². The van der Waals surface area contributed by atoms with Gasteiger partial charge in [-0.25, -0.2) is 9.78 Å². The minimum atomic E-state index is -0.666. The summed E-state index contributed by atoms with van der Waals surface area (Å²) < 4.78 is 4.69. The molecule has 0 atom stereocenters. The normalized spacial score (nSPS) is 11.4. The van der Waals surface area contributed by atoms with Crippen molar-refractivity contribution in [2.45, 2.75) is 13.8 Å².